The summed E-state index contributed by atoms with van der Waals surface area (Å²) < 4.78 is 3.00. The molecule has 1 aliphatic rings. The van der Waals surface area contributed by atoms with Gasteiger partial charge >= 0.3 is 0 Å². The average Bonchev–Trinajstić information content (AvgIpc) is 3.43. The predicted molar refractivity (Wildman–Crippen MR) is 109 cm³/mol. The van der Waals surface area contributed by atoms with Crippen molar-refractivity contribution in [3.63, 3.8) is 0 Å². The van der Waals surface area contributed by atoms with Gasteiger partial charge in [0.05, 0.1) is 4.88 Å². The van der Waals surface area contributed by atoms with Gasteiger partial charge in [0, 0.05) is 49.3 Å². The number of anilines is 1. The number of rotatable bonds is 3. The first-order valence-corrected chi connectivity index (χ1v) is 9.93. The van der Waals surface area contributed by atoms with Gasteiger partial charge in [-0.25, -0.2) is 15.0 Å². The maximum Gasteiger partial charge on any atom is 0.264 e. The molecule has 0 spiro atoms. The molecule has 0 atom stereocenters. The molecule has 1 amide bonds. The van der Waals surface area contributed by atoms with E-state index in [0.29, 0.717) is 13.1 Å². The fourth-order valence-electron chi connectivity index (χ4n) is 3.43. The van der Waals surface area contributed by atoms with Crippen LogP contribution in [0.15, 0.2) is 61.4 Å². The molecule has 0 bridgehead atoms. The van der Waals surface area contributed by atoms with E-state index < -0.39 is 0 Å². The SMILES string of the molecule is O=C(c1cc2ccccc2s1)N1CCN(c2cc(-n3ccnc3)ncn2)CC1. The van der Waals surface area contributed by atoms with Gasteiger partial charge in [-0.3, -0.25) is 9.36 Å². The van der Waals surface area contributed by atoms with Crippen LogP contribution in [0, 0.1) is 0 Å². The van der Waals surface area contributed by atoms with Crippen molar-refractivity contribution < 1.29 is 4.79 Å². The van der Waals surface area contributed by atoms with Crippen LogP contribution in [-0.4, -0.2) is 56.5 Å². The molecule has 0 radical (unpaired) electrons. The Labute approximate surface area is 165 Å². The summed E-state index contributed by atoms with van der Waals surface area (Å²) in [4.78, 5) is 30.6. The molecule has 1 saturated heterocycles. The molecule has 8 heteroatoms. The Morgan fingerprint density at radius 1 is 1.00 bits per heavy atom. The number of aromatic nitrogens is 4. The Bertz CT molecular complexity index is 1080. The minimum Gasteiger partial charge on any atom is -0.353 e. The summed E-state index contributed by atoms with van der Waals surface area (Å²) in [5.74, 6) is 1.77. The van der Waals surface area contributed by atoms with Gasteiger partial charge in [-0.2, -0.15) is 0 Å². The number of hydrogen-bond acceptors (Lipinski definition) is 6. The third kappa shape index (κ3) is 3.11. The lowest BCUT2D eigenvalue weighted by molar-refractivity contribution is 0.0751. The van der Waals surface area contributed by atoms with E-state index in [0.717, 1.165) is 39.7 Å². The number of piperazine rings is 1. The van der Waals surface area contributed by atoms with Crippen LogP contribution in [0.25, 0.3) is 15.9 Å². The highest BCUT2D eigenvalue weighted by molar-refractivity contribution is 7.20. The largest absolute Gasteiger partial charge is 0.353 e. The van der Waals surface area contributed by atoms with Crippen molar-refractivity contribution in [2.45, 2.75) is 0 Å². The number of fused-ring (bicyclic) bond motifs is 1. The van der Waals surface area contributed by atoms with Crippen LogP contribution in [0.2, 0.25) is 0 Å². The lowest BCUT2D eigenvalue weighted by Crippen LogP contribution is -2.48. The topological polar surface area (TPSA) is 67.2 Å². The number of nitrogens with zero attached hydrogens (tertiary/aromatic N) is 6. The molecule has 0 unspecified atom stereocenters. The lowest BCUT2D eigenvalue weighted by Gasteiger charge is -2.35. The standard InChI is InChI=1S/C20H18N6OS/c27-20(17-11-15-3-1-2-4-16(15)28-17)25-9-7-24(8-10-25)18-12-19(23-13-22-18)26-6-5-21-14-26/h1-6,11-14H,7-10H2. The second-order valence-electron chi connectivity index (χ2n) is 6.63. The highest BCUT2D eigenvalue weighted by Crippen LogP contribution is 2.27. The first-order valence-electron chi connectivity index (χ1n) is 9.11. The van der Waals surface area contributed by atoms with Gasteiger partial charge < -0.3 is 9.80 Å². The summed E-state index contributed by atoms with van der Waals surface area (Å²) in [6.07, 6.45) is 6.86. The van der Waals surface area contributed by atoms with Crippen molar-refractivity contribution in [2.75, 3.05) is 31.1 Å². The second kappa shape index (κ2) is 7.05. The van der Waals surface area contributed by atoms with E-state index in [1.165, 1.54) is 0 Å². The Hall–Kier alpha value is -3.26. The maximum atomic E-state index is 12.9. The molecule has 0 saturated carbocycles. The molecule has 0 aliphatic carbocycles. The Balaban J connectivity index is 1.28. The third-order valence-corrected chi connectivity index (χ3v) is 6.04. The summed E-state index contributed by atoms with van der Waals surface area (Å²) >= 11 is 1.56. The number of carbonyl (C=O) groups is 1. The van der Waals surface area contributed by atoms with Crippen LogP contribution in [0.4, 0.5) is 5.82 Å². The number of benzene rings is 1. The summed E-state index contributed by atoms with van der Waals surface area (Å²) in [6, 6.07) is 12.1. The van der Waals surface area contributed by atoms with Gasteiger partial charge in [0.15, 0.2) is 0 Å². The molecule has 140 valence electrons. The van der Waals surface area contributed by atoms with Crippen molar-refractivity contribution in [3.8, 4) is 5.82 Å². The lowest BCUT2D eigenvalue weighted by atomic mass is 10.2. The van der Waals surface area contributed by atoms with Crippen molar-refractivity contribution in [1.82, 2.24) is 24.4 Å². The Morgan fingerprint density at radius 2 is 1.82 bits per heavy atom. The first-order chi connectivity index (χ1) is 13.8. The summed E-state index contributed by atoms with van der Waals surface area (Å²) in [7, 11) is 0. The number of thiophene rings is 1. The van der Waals surface area contributed by atoms with Crippen LogP contribution in [0.1, 0.15) is 9.67 Å². The molecule has 1 fully saturated rings. The zero-order chi connectivity index (χ0) is 18.9. The van der Waals surface area contributed by atoms with E-state index in [-0.39, 0.29) is 5.91 Å². The van der Waals surface area contributed by atoms with Gasteiger partial charge in [0.2, 0.25) is 0 Å². The molecular formula is C20H18N6OS. The number of amides is 1. The van der Waals surface area contributed by atoms with E-state index in [4.69, 9.17) is 0 Å². The van der Waals surface area contributed by atoms with Crippen molar-refractivity contribution in [1.29, 1.82) is 0 Å². The van der Waals surface area contributed by atoms with E-state index in [9.17, 15) is 4.79 Å². The smallest absolute Gasteiger partial charge is 0.264 e. The minimum atomic E-state index is 0.114. The van der Waals surface area contributed by atoms with Crippen molar-refractivity contribution in [3.05, 3.63) is 66.3 Å². The van der Waals surface area contributed by atoms with Crippen LogP contribution in [0.3, 0.4) is 0 Å². The molecule has 4 aromatic rings. The fourth-order valence-corrected chi connectivity index (χ4v) is 4.46. The summed E-state index contributed by atoms with van der Waals surface area (Å²) in [6.45, 7) is 2.85. The number of carbonyl (C=O) groups excluding carboxylic acids is 1. The van der Waals surface area contributed by atoms with Gasteiger partial charge in [-0.15, -0.1) is 11.3 Å². The molecule has 0 N–H and O–H groups in total. The van der Waals surface area contributed by atoms with E-state index in [1.54, 1.807) is 30.2 Å². The third-order valence-electron chi connectivity index (χ3n) is 4.93. The normalized spacial score (nSPS) is 14.6. The second-order valence-corrected chi connectivity index (χ2v) is 7.72. The van der Waals surface area contributed by atoms with Crippen molar-refractivity contribution >= 4 is 33.1 Å². The average molecular weight is 390 g/mol. The van der Waals surface area contributed by atoms with Gasteiger partial charge in [0.1, 0.15) is 24.3 Å². The molecular weight excluding hydrogens is 372 g/mol. The molecule has 5 rings (SSSR count). The zero-order valence-electron chi connectivity index (χ0n) is 15.1. The van der Waals surface area contributed by atoms with Crippen LogP contribution in [0.5, 0.6) is 0 Å². The Morgan fingerprint density at radius 3 is 2.61 bits per heavy atom. The highest BCUT2D eigenvalue weighted by Gasteiger charge is 2.24. The number of imidazole rings is 1. The summed E-state index contributed by atoms with van der Waals surface area (Å²) in [5, 5.41) is 1.13. The molecule has 28 heavy (non-hydrogen) atoms. The summed E-state index contributed by atoms with van der Waals surface area (Å²) in [5.41, 5.74) is 0. The molecule has 3 aromatic heterocycles. The van der Waals surface area contributed by atoms with Gasteiger partial charge in [-0.1, -0.05) is 18.2 Å². The molecule has 1 aromatic carbocycles. The van der Waals surface area contributed by atoms with Crippen molar-refractivity contribution in [2.24, 2.45) is 0 Å². The monoisotopic (exact) mass is 390 g/mol. The van der Waals surface area contributed by atoms with E-state index in [2.05, 4.69) is 25.9 Å². The minimum absolute atomic E-state index is 0.114. The molecule has 1 aliphatic heterocycles. The quantitative estimate of drug-likeness (QED) is 0.538. The maximum absolute atomic E-state index is 12.9. The zero-order valence-corrected chi connectivity index (χ0v) is 15.9. The van der Waals surface area contributed by atoms with Gasteiger partial charge in [-0.05, 0) is 17.5 Å². The van der Waals surface area contributed by atoms with Crippen LogP contribution in [-0.2, 0) is 0 Å². The van der Waals surface area contributed by atoms with E-state index >= 15 is 0 Å². The molecule has 7 nitrogen and oxygen atoms in total. The molecule has 4 heterocycles. The predicted octanol–water partition coefficient (Wildman–Crippen LogP) is 2.84. The van der Waals surface area contributed by atoms with E-state index in [1.807, 2.05) is 46.0 Å². The fraction of sp³-hybridized carbons (Fsp3) is 0.200. The van der Waals surface area contributed by atoms with Crippen LogP contribution >= 0.6 is 11.3 Å². The highest BCUT2D eigenvalue weighted by atomic mass is 32.1. The van der Waals surface area contributed by atoms with Gasteiger partial charge in [0.25, 0.3) is 5.91 Å². The first kappa shape index (κ1) is 16.9. The number of hydrogen-bond donors (Lipinski definition) is 0. The Kier molecular flexibility index (Phi) is 4.25. The van der Waals surface area contributed by atoms with Crippen LogP contribution < -0.4 is 4.90 Å².